The molecule has 0 radical (unpaired) electrons. The predicted molar refractivity (Wildman–Crippen MR) is 92.7 cm³/mol. The highest BCUT2D eigenvalue weighted by molar-refractivity contribution is 5.85. The molecule has 1 saturated heterocycles. The second-order valence-electron chi connectivity index (χ2n) is 4.99. The van der Waals surface area contributed by atoms with Gasteiger partial charge in [0, 0.05) is 31.2 Å². The number of anilines is 1. The normalized spacial score (nSPS) is 16.5. The molecule has 3 N–H and O–H groups in total. The molecule has 1 amide bonds. The van der Waals surface area contributed by atoms with Gasteiger partial charge in [0.1, 0.15) is 0 Å². The summed E-state index contributed by atoms with van der Waals surface area (Å²) in [7, 11) is 0. The van der Waals surface area contributed by atoms with Crippen LogP contribution in [-0.4, -0.2) is 31.6 Å². The first-order valence-corrected chi connectivity index (χ1v) is 7.13. The van der Waals surface area contributed by atoms with Crippen molar-refractivity contribution >= 4 is 36.4 Å². The van der Waals surface area contributed by atoms with Crippen LogP contribution in [0.1, 0.15) is 25.7 Å². The summed E-state index contributed by atoms with van der Waals surface area (Å²) in [6.07, 6.45) is 3.88. The molecular formula is C15H25Cl2N3O. The number of halogens is 2. The summed E-state index contributed by atoms with van der Waals surface area (Å²) < 4.78 is 0. The fourth-order valence-electron chi connectivity index (χ4n) is 2.33. The third kappa shape index (κ3) is 8.15. The maximum Gasteiger partial charge on any atom is 0.221 e. The van der Waals surface area contributed by atoms with Crippen LogP contribution in [0.2, 0.25) is 0 Å². The van der Waals surface area contributed by atoms with Gasteiger partial charge < -0.3 is 16.0 Å². The standard InChI is InChI=1S/C15H23N3O.2ClH/c19-15(12-14-8-4-9-17-14)18-11-5-10-16-13-6-2-1-3-7-13;;/h1-3,6-7,14,16-17H,4-5,8-12H2,(H,18,19);2*1H. The number of amides is 1. The quantitative estimate of drug-likeness (QED) is 0.672. The fourth-order valence-corrected chi connectivity index (χ4v) is 2.33. The van der Waals surface area contributed by atoms with Crippen LogP contribution >= 0.6 is 24.8 Å². The van der Waals surface area contributed by atoms with E-state index >= 15 is 0 Å². The summed E-state index contributed by atoms with van der Waals surface area (Å²) in [5.74, 6) is 0.166. The molecule has 1 aliphatic heterocycles. The minimum absolute atomic E-state index is 0. The monoisotopic (exact) mass is 333 g/mol. The topological polar surface area (TPSA) is 53.2 Å². The van der Waals surface area contributed by atoms with E-state index in [4.69, 9.17) is 0 Å². The third-order valence-electron chi connectivity index (χ3n) is 3.37. The second kappa shape index (κ2) is 11.7. The molecule has 21 heavy (non-hydrogen) atoms. The van der Waals surface area contributed by atoms with Crippen molar-refractivity contribution in [3.8, 4) is 0 Å². The highest BCUT2D eigenvalue weighted by Crippen LogP contribution is 2.08. The molecule has 2 rings (SSSR count). The Morgan fingerprint density at radius 1 is 1.19 bits per heavy atom. The molecule has 1 fully saturated rings. The first kappa shape index (κ1) is 20.0. The molecule has 4 nitrogen and oxygen atoms in total. The van der Waals surface area contributed by atoms with Crippen LogP contribution in [0.25, 0.3) is 0 Å². The zero-order valence-electron chi connectivity index (χ0n) is 12.1. The molecule has 1 atom stereocenters. The van der Waals surface area contributed by atoms with E-state index in [9.17, 15) is 4.79 Å². The fraction of sp³-hybridized carbons (Fsp3) is 0.533. The Bertz CT molecular complexity index is 384. The second-order valence-corrected chi connectivity index (χ2v) is 4.99. The summed E-state index contributed by atoms with van der Waals surface area (Å²) in [5, 5.41) is 9.64. The number of para-hydroxylation sites is 1. The van der Waals surface area contributed by atoms with E-state index in [-0.39, 0.29) is 30.7 Å². The summed E-state index contributed by atoms with van der Waals surface area (Å²) >= 11 is 0. The lowest BCUT2D eigenvalue weighted by molar-refractivity contribution is -0.121. The Kier molecular flexibility index (Phi) is 11.1. The van der Waals surface area contributed by atoms with Gasteiger partial charge in [0.05, 0.1) is 0 Å². The lowest BCUT2D eigenvalue weighted by Gasteiger charge is -2.11. The van der Waals surface area contributed by atoms with Crippen LogP contribution < -0.4 is 16.0 Å². The molecule has 1 heterocycles. The van der Waals surface area contributed by atoms with Crippen molar-refractivity contribution in [2.45, 2.75) is 31.7 Å². The van der Waals surface area contributed by atoms with E-state index in [2.05, 4.69) is 16.0 Å². The van der Waals surface area contributed by atoms with E-state index in [1.54, 1.807) is 0 Å². The summed E-state index contributed by atoms with van der Waals surface area (Å²) in [6.45, 7) is 2.68. The van der Waals surface area contributed by atoms with Gasteiger partial charge in [-0.25, -0.2) is 0 Å². The molecule has 0 aromatic heterocycles. The van der Waals surface area contributed by atoms with Crippen LogP contribution in [0.5, 0.6) is 0 Å². The van der Waals surface area contributed by atoms with Gasteiger partial charge in [0.2, 0.25) is 5.91 Å². The summed E-state index contributed by atoms with van der Waals surface area (Å²) in [6, 6.07) is 10.5. The largest absolute Gasteiger partial charge is 0.385 e. The number of rotatable bonds is 7. The van der Waals surface area contributed by atoms with Crippen molar-refractivity contribution in [3.05, 3.63) is 30.3 Å². The molecule has 1 aliphatic rings. The minimum Gasteiger partial charge on any atom is -0.385 e. The summed E-state index contributed by atoms with van der Waals surface area (Å²) in [4.78, 5) is 11.7. The molecule has 0 saturated carbocycles. The lowest BCUT2D eigenvalue weighted by atomic mass is 10.1. The molecule has 0 aliphatic carbocycles. The van der Waals surface area contributed by atoms with E-state index in [1.165, 1.54) is 6.42 Å². The Morgan fingerprint density at radius 3 is 2.62 bits per heavy atom. The van der Waals surface area contributed by atoms with Crippen LogP contribution in [-0.2, 0) is 4.79 Å². The van der Waals surface area contributed by atoms with Gasteiger partial charge in [0.25, 0.3) is 0 Å². The van der Waals surface area contributed by atoms with Crippen LogP contribution in [0.3, 0.4) is 0 Å². The maximum atomic E-state index is 11.7. The highest BCUT2D eigenvalue weighted by Gasteiger charge is 2.16. The number of benzene rings is 1. The van der Waals surface area contributed by atoms with Crippen molar-refractivity contribution < 1.29 is 4.79 Å². The predicted octanol–water partition coefficient (Wildman–Crippen LogP) is 2.59. The minimum atomic E-state index is 0. The zero-order valence-corrected chi connectivity index (χ0v) is 13.8. The Morgan fingerprint density at radius 2 is 1.95 bits per heavy atom. The van der Waals surface area contributed by atoms with Gasteiger partial charge in [-0.05, 0) is 37.9 Å². The number of carbonyl (C=O) groups is 1. The highest BCUT2D eigenvalue weighted by atomic mass is 35.5. The van der Waals surface area contributed by atoms with Crippen LogP contribution in [0.15, 0.2) is 30.3 Å². The number of carbonyl (C=O) groups excluding carboxylic acids is 1. The van der Waals surface area contributed by atoms with E-state index in [0.29, 0.717) is 12.5 Å². The van der Waals surface area contributed by atoms with Gasteiger partial charge >= 0.3 is 0 Å². The van der Waals surface area contributed by atoms with Crippen molar-refractivity contribution in [2.75, 3.05) is 25.0 Å². The Balaban J connectivity index is 0.00000200. The van der Waals surface area contributed by atoms with E-state index < -0.39 is 0 Å². The van der Waals surface area contributed by atoms with Gasteiger partial charge in [-0.15, -0.1) is 24.8 Å². The number of hydrogen-bond acceptors (Lipinski definition) is 3. The van der Waals surface area contributed by atoms with Crippen molar-refractivity contribution in [3.63, 3.8) is 0 Å². The number of hydrogen-bond donors (Lipinski definition) is 3. The molecule has 0 bridgehead atoms. The maximum absolute atomic E-state index is 11.7. The van der Waals surface area contributed by atoms with Gasteiger partial charge in [-0.3, -0.25) is 4.79 Å². The molecule has 1 aromatic carbocycles. The van der Waals surface area contributed by atoms with Crippen molar-refractivity contribution in [1.29, 1.82) is 0 Å². The van der Waals surface area contributed by atoms with E-state index in [1.807, 2.05) is 30.3 Å². The first-order chi connectivity index (χ1) is 9.34. The van der Waals surface area contributed by atoms with Crippen molar-refractivity contribution in [1.82, 2.24) is 10.6 Å². The molecule has 1 unspecified atom stereocenters. The Labute approximate surface area is 139 Å². The zero-order chi connectivity index (χ0) is 13.3. The molecule has 6 heteroatoms. The summed E-state index contributed by atoms with van der Waals surface area (Å²) in [5.41, 5.74) is 1.13. The van der Waals surface area contributed by atoms with Gasteiger partial charge in [-0.1, -0.05) is 18.2 Å². The first-order valence-electron chi connectivity index (χ1n) is 7.13. The molecular weight excluding hydrogens is 309 g/mol. The molecule has 120 valence electrons. The van der Waals surface area contributed by atoms with E-state index in [0.717, 1.165) is 38.2 Å². The van der Waals surface area contributed by atoms with Crippen LogP contribution in [0, 0.1) is 0 Å². The average molecular weight is 334 g/mol. The van der Waals surface area contributed by atoms with Crippen molar-refractivity contribution in [2.24, 2.45) is 0 Å². The lowest BCUT2D eigenvalue weighted by Crippen LogP contribution is -2.32. The van der Waals surface area contributed by atoms with Gasteiger partial charge in [0.15, 0.2) is 0 Å². The Hall–Kier alpha value is -0.970. The van der Waals surface area contributed by atoms with Crippen LogP contribution in [0.4, 0.5) is 5.69 Å². The SMILES string of the molecule is Cl.Cl.O=C(CC1CCCN1)NCCCNc1ccccc1. The third-order valence-corrected chi connectivity index (χ3v) is 3.37. The average Bonchev–Trinajstić information content (AvgIpc) is 2.92. The molecule has 0 spiro atoms. The van der Waals surface area contributed by atoms with Gasteiger partial charge in [-0.2, -0.15) is 0 Å². The molecule has 1 aromatic rings. The number of nitrogens with one attached hydrogen (secondary N) is 3. The smallest absolute Gasteiger partial charge is 0.221 e.